The largest absolute Gasteiger partial charge is 0.323 e. The third-order valence-electron chi connectivity index (χ3n) is 2.34. The summed E-state index contributed by atoms with van der Waals surface area (Å²) in [4.78, 5) is 11.7. The molecule has 0 aliphatic rings. The van der Waals surface area contributed by atoms with Gasteiger partial charge in [0, 0.05) is 0 Å². The van der Waals surface area contributed by atoms with Gasteiger partial charge in [-0.15, -0.1) is 0 Å². The van der Waals surface area contributed by atoms with E-state index in [-0.39, 0.29) is 5.91 Å². The van der Waals surface area contributed by atoms with Gasteiger partial charge < -0.3 is 11.1 Å². The predicted molar refractivity (Wildman–Crippen MR) is 67.6 cm³/mol. The zero-order chi connectivity index (χ0) is 12.0. The second-order valence-electron chi connectivity index (χ2n) is 3.72. The second kappa shape index (κ2) is 6.51. The Morgan fingerprint density at radius 1 is 1.50 bits per heavy atom. The highest BCUT2D eigenvalue weighted by Gasteiger charge is 2.13. The van der Waals surface area contributed by atoms with E-state index in [4.69, 9.17) is 17.3 Å². The summed E-state index contributed by atoms with van der Waals surface area (Å²) in [6.45, 7) is 2.07. The van der Waals surface area contributed by atoms with Gasteiger partial charge in [0.2, 0.25) is 5.91 Å². The maximum absolute atomic E-state index is 11.7. The molecule has 4 heteroatoms. The SMILES string of the molecule is CCCCC(N)C(=O)Nc1ccccc1Cl. The summed E-state index contributed by atoms with van der Waals surface area (Å²) in [6, 6.07) is 6.66. The molecule has 0 fully saturated rings. The van der Waals surface area contributed by atoms with Crippen LogP contribution < -0.4 is 11.1 Å². The van der Waals surface area contributed by atoms with Crippen LogP contribution >= 0.6 is 11.6 Å². The van der Waals surface area contributed by atoms with Gasteiger partial charge in [-0.3, -0.25) is 4.79 Å². The van der Waals surface area contributed by atoms with Gasteiger partial charge in [0.05, 0.1) is 16.8 Å². The van der Waals surface area contributed by atoms with Crippen LogP contribution in [0.25, 0.3) is 0 Å². The number of hydrogen-bond donors (Lipinski definition) is 2. The van der Waals surface area contributed by atoms with Gasteiger partial charge in [0.1, 0.15) is 0 Å². The molecule has 0 aliphatic heterocycles. The molecule has 1 amide bonds. The molecule has 3 N–H and O–H groups in total. The number of para-hydroxylation sites is 1. The maximum atomic E-state index is 11.7. The number of carbonyl (C=O) groups is 1. The molecule has 0 aliphatic carbocycles. The molecule has 1 unspecified atom stereocenters. The first-order valence-corrected chi connectivity index (χ1v) is 5.84. The molecule has 0 spiro atoms. The average Bonchev–Trinajstić information content (AvgIpc) is 2.28. The van der Waals surface area contributed by atoms with Crippen LogP contribution in [0.2, 0.25) is 5.02 Å². The Morgan fingerprint density at radius 2 is 2.19 bits per heavy atom. The summed E-state index contributed by atoms with van der Waals surface area (Å²) in [5, 5.41) is 3.25. The van der Waals surface area contributed by atoms with Crippen molar-refractivity contribution in [2.75, 3.05) is 5.32 Å². The Labute approximate surface area is 101 Å². The number of nitrogens with one attached hydrogen (secondary N) is 1. The van der Waals surface area contributed by atoms with E-state index >= 15 is 0 Å². The zero-order valence-corrected chi connectivity index (χ0v) is 10.1. The minimum absolute atomic E-state index is 0.179. The fourth-order valence-corrected chi connectivity index (χ4v) is 1.53. The van der Waals surface area contributed by atoms with Crippen LogP contribution in [0.5, 0.6) is 0 Å². The Kier molecular flexibility index (Phi) is 5.29. The first kappa shape index (κ1) is 13.0. The van der Waals surface area contributed by atoms with Crippen LogP contribution in [0.15, 0.2) is 24.3 Å². The topological polar surface area (TPSA) is 55.1 Å². The second-order valence-corrected chi connectivity index (χ2v) is 4.13. The van der Waals surface area contributed by atoms with E-state index in [1.54, 1.807) is 12.1 Å². The van der Waals surface area contributed by atoms with Crippen molar-refractivity contribution >= 4 is 23.2 Å². The molecule has 1 atom stereocenters. The van der Waals surface area contributed by atoms with Crippen LogP contribution in [0.3, 0.4) is 0 Å². The molecule has 1 aromatic carbocycles. The van der Waals surface area contributed by atoms with Gasteiger partial charge >= 0.3 is 0 Å². The Hall–Kier alpha value is -1.06. The number of carbonyl (C=O) groups excluding carboxylic acids is 1. The van der Waals surface area contributed by atoms with Gasteiger partial charge in [-0.1, -0.05) is 43.5 Å². The van der Waals surface area contributed by atoms with Crippen LogP contribution in [0.1, 0.15) is 26.2 Å². The first-order chi connectivity index (χ1) is 7.65. The lowest BCUT2D eigenvalue weighted by molar-refractivity contribution is -0.117. The Bertz CT molecular complexity index is 355. The summed E-state index contributed by atoms with van der Waals surface area (Å²) in [5.41, 5.74) is 6.36. The lowest BCUT2D eigenvalue weighted by Crippen LogP contribution is -2.35. The van der Waals surface area contributed by atoms with E-state index in [0.29, 0.717) is 17.1 Å². The number of rotatable bonds is 5. The molecule has 16 heavy (non-hydrogen) atoms. The third kappa shape index (κ3) is 3.83. The molecule has 3 nitrogen and oxygen atoms in total. The lowest BCUT2D eigenvalue weighted by Gasteiger charge is -2.12. The van der Waals surface area contributed by atoms with Crippen LogP contribution in [-0.4, -0.2) is 11.9 Å². The number of unbranched alkanes of at least 4 members (excludes halogenated alkanes) is 1. The normalized spacial score (nSPS) is 12.2. The molecule has 0 bridgehead atoms. The number of hydrogen-bond acceptors (Lipinski definition) is 2. The van der Waals surface area contributed by atoms with Crippen LogP contribution in [0, 0.1) is 0 Å². The minimum Gasteiger partial charge on any atom is -0.323 e. The molecule has 0 saturated carbocycles. The van der Waals surface area contributed by atoms with E-state index in [0.717, 1.165) is 12.8 Å². The maximum Gasteiger partial charge on any atom is 0.241 e. The Balaban J connectivity index is 2.54. The molecule has 0 saturated heterocycles. The van der Waals surface area contributed by atoms with Crippen molar-refractivity contribution in [1.29, 1.82) is 0 Å². The van der Waals surface area contributed by atoms with Crippen molar-refractivity contribution in [2.24, 2.45) is 5.73 Å². The van der Waals surface area contributed by atoms with Crippen molar-refractivity contribution in [2.45, 2.75) is 32.2 Å². The average molecular weight is 241 g/mol. The molecule has 1 rings (SSSR count). The highest BCUT2D eigenvalue weighted by molar-refractivity contribution is 6.33. The predicted octanol–water partition coefficient (Wildman–Crippen LogP) is 2.80. The first-order valence-electron chi connectivity index (χ1n) is 5.46. The van der Waals surface area contributed by atoms with Crippen molar-refractivity contribution < 1.29 is 4.79 Å². The van der Waals surface area contributed by atoms with Gasteiger partial charge in [-0.25, -0.2) is 0 Å². The summed E-state index contributed by atoms with van der Waals surface area (Å²) in [6.07, 6.45) is 2.69. The fraction of sp³-hybridized carbons (Fsp3) is 0.417. The zero-order valence-electron chi connectivity index (χ0n) is 9.37. The quantitative estimate of drug-likeness (QED) is 0.832. The molecule has 1 aromatic rings. The smallest absolute Gasteiger partial charge is 0.241 e. The molecule has 0 heterocycles. The molecular weight excluding hydrogens is 224 g/mol. The number of anilines is 1. The van der Waals surface area contributed by atoms with E-state index in [1.807, 2.05) is 12.1 Å². The monoisotopic (exact) mass is 240 g/mol. The van der Waals surface area contributed by atoms with E-state index in [9.17, 15) is 4.79 Å². The highest BCUT2D eigenvalue weighted by atomic mass is 35.5. The standard InChI is InChI=1S/C12H17ClN2O/c1-2-3-7-10(14)12(16)15-11-8-5-4-6-9(11)13/h4-6,8,10H,2-3,7,14H2,1H3,(H,15,16). The molecule has 0 radical (unpaired) electrons. The number of nitrogens with two attached hydrogens (primary N) is 1. The summed E-state index contributed by atoms with van der Waals surface area (Å²) >= 11 is 5.92. The number of benzene rings is 1. The van der Waals surface area contributed by atoms with Crippen molar-refractivity contribution in [1.82, 2.24) is 0 Å². The lowest BCUT2D eigenvalue weighted by atomic mass is 10.1. The summed E-state index contributed by atoms with van der Waals surface area (Å²) in [7, 11) is 0. The van der Waals surface area contributed by atoms with Crippen molar-refractivity contribution in [3.05, 3.63) is 29.3 Å². The molecule has 0 aromatic heterocycles. The Morgan fingerprint density at radius 3 is 2.81 bits per heavy atom. The van der Waals surface area contributed by atoms with Crippen molar-refractivity contribution in [3.8, 4) is 0 Å². The number of halogens is 1. The molecule has 88 valence electrons. The van der Waals surface area contributed by atoms with E-state index in [2.05, 4.69) is 12.2 Å². The minimum atomic E-state index is -0.462. The summed E-state index contributed by atoms with van der Waals surface area (Å²) in [5.74, 6) is -0.179. The third-order valence-corrected chi connectivity index (χ3v) is 2.67. The van der Waals surface area contributed by atoms with E-state index in [1.165, 1.54) is 0 Å². The van der Waals surface area contributed by atoms with E-state index < -0.39 is 6.04 Å². The van der Waals surface area contributed by atoms with Gasteiger partial charge in [0.15, 0.2) is 0 Å². The van der Waals surface area contributed by atoms with Gasteiger partial charge in [-0.05, 0) is 18.6 Å². The van der Waals surface area contributed by atoms with Crippen molar-refractivity contribution in [3.63, 3.8) is 0 Å². The van der Waals surface area contributed by atoms with Crippen LogP contribution in [0.4, 0.5) is 5.69 Å². The molecular formula is C12H17ClN2O. The summed E-state index contributed by atoms with van der Waals surface area (Å²) < 4.78 is 0. The van der Waals surface area contributed by atoms with Gasteiger partial charge in [0.25, 0.3) is 0 Å². The van der Waals surface area contributed by atoms with Gasteiger partial charge in [-0.2, -0.15) is 0 Å². The van der Waals surface area contributed by atoms with Crippen LogP contribution in [-0.2, 0) is 4.79 Å². The number of amides is 1. The fourth-order valence-electron chi connectivity index (χ4n) is 1.34. The highest BCUT2D eigenvalue weighted by Crippen LogP contribution is 2.20.